The van der Waals surface area contributed by atoms with Gasteiger partial charge in [-0.1, -0.05) is 95.2 Å². The molecule has 226 valence electrons. The van der Waals surface area contributed by atoms with E-state index in [9.17, 15) is 14.0 Å². The van der Waals surface area contributed by atoms with Gasteiger partial charge in [-0.3, -0.25) is 9.36 Å². The molecule has 0 saturated carbocycles. The average Bonchev–Trinajstić information content (AvgIpc) is 3.36. The number of fused-ring (bicyclic) bond motifs is 1. The molecule has 6 nitrogen and oxygen atoms in total. The third-order valence-electron chi connectivity index (χ3n) is 7.10. The molecule has 0 fully saturated rings. The Morgan fingerprint density at radius 3 is 2.49 bits per heavy atom. The molecule has 1 atom stereocenters. The fraction of sp³-hybridized carbons (Fsp3) is 0.114. The SMILES string of the molecule is CCOC(=O)C1=C(c2ccccc2)N=c2s/c(=C/c3cccc(OCc4ccc(Cl)c(Cl)c4)c3)c(=O)n2[C@@H]1c1ccc(F)cc1. The van der Waals surface area contributed by atoms with Crippen molar-refractivity contribution in [2.45, 2.75) is 19.6 Å². The maximum absolute atomic E-state index is 14.1. The second-order valence-corrected chi connectivity index (χ2v) is 11.9. The van der Waals surface area contributed by atoms with Gasteiger partial charge in [0.2, 0.25) is 0 Å². The van der Waals surface area contributed by atoms with Crippen LogP contribution in [0.2, 0.25) is 10.0 Å². The summed E-state index contributed by atoms with van der Waals surface area (Å²) in [4.78, 5) is 32.8. The molecule has 0 radical (unpaired) electrons. The van der Waals surface area contributed by atoms with Gasteiger partial charge in [0, 0.05) is 5.56 Å². The molecule has 10 heteroatoms. The van der Waals surface area contributed by atoms with Crippen molar-refractivity contribution >= 4 is 52.3 Å². The van der Waals surface area contributed by atoms with E-state index < -0.39 is 17.8 Å². The predicted octanol–water partition coefficient (Wildman–Crippen LogP) is 6.96. The van der Waals surface area contributed by atoms with E-state index >= 15 is 0 Å². The Bertz CT molecular complexity index is 2110. The highest BCUT2D eigenvalue weighted by Crippen LogP contribution is 2.35. The number of aromatic nitrogens is 1. The highest BCUT2D eigenvalue weighted by molar-refractivity contribution is 7.07. The van der Waals surface area contributed by atoms with Crippen LogP contribution in [0.4, 0.5) is 4.39 Å². The number of hydrogen-bond donors (Lipinski definition) is 0. The summed E-state index contributed by atoms with van der Waals surface area (Å²) in [7, 11) is 0. The first-order valence-corrected chi connectivity index (χ1v) is 15.6. The molecule has 0 N–H and O–H groups in total. The number of nitrogens with zero attached hydrogens (tertiary/aromatic N) is 2. The summed E-state index contributed by atoms with van der Waals surface area (Å²) in [5, 5.41) is 0.915. The Kier molecular flexibility index (Phi) is 8.98. The van der Waals surface area contributed by atoms with E-state index in [-0.39, 0.29) is 24.3 Å². The lowest BCUT2D eigenvalue weighted by Gasteiger charge is -2.25. The van der Waals surface area contributed by atoms with E-state index in [0.717, 1.165) is 11.1 Å². The number of benzene rings is 4. The Morgan fingerprint density at radius 2 is 1.76 bits per heavy atom. The van der Waals surface area contributed by atoms with Crippen molar-refractivity contribution in [3.8, 4) is 5.75 Å². The van der Waals surface area contributed by atoms with Crippen molar-refractivity contribution in [3.05, 3.63) is 160 Å². The molecule has 1 aliphatic heterocycles. The molecule has 1 aromatic heterocycles. The van der Waals surface area contributed by atoms with Crippen molar-refractivity contribution < 1.29 is 18.7 Å². The van der Waals surface area contributed by atoms with E-state index in [1.165, 1.54) is 28.0 Å². The second-order valence-electron chi connectivity index (χ2n) is 10.1. The molecule has 6 rings (SSSR count). The molecule has 0 bridgehead atoms. The van der Waals surface area contributed by atoms with Crippen LogP contribution in [0, 0.1) is 5.82 Å². The molecule has 0 spiro atoms. The lowest BCUT2D eigenvalue weighted by atomic mass is 9.93. The lowest BCUT2D eigenvalue weighted by molar-refractivity contribution is -0.138. The number of halogens is 3. The van der Waals surface area contributed by atoms with Crippen LogP contribution < -0.4 is 19.6 Å². The van der Waals surface area contributed by atoms with E-state index in [0.29, 0.717) is 42.0 Å². The number of rotatable bonds is 8. The summed E-state index contributed by atoms with van der Waals surface area (Å²) < 4.78 is 27.3. The van der Waals surface area contributed by atoms with E-state index in [2.05, 4.69) is 0 Å². The number of thiazole rings is 1. The minimum Gasteiger partial charge on any atom is -0.489 e. The van der Waals surface area contributed by atoms with Gasteiger partial charge in [0.05, 0.1) is 38.5 Å². The second kappa shape index (κ2) is 13.2. The van der Waals surface area contributed by atoms with Gasteiger partial charge in [0.15, 0.2) is 4.80 Å². The molecule has 1 aliphatic rings. The molecular formula is C35H25Cl2FN2O4S. The maximum Gasteiger partial charge on any atom is 0.338 e. The van der Waals surface area contributed by atoms with Crippen LogP contribution in [0.5, 0.6) is 5.75 Å². The van der Waals surface area contributed by atoms with Crippen LogP contribution >= 0.6 is 34.5 Å². The van der Waals surface area contributed by atoms with Gasteiger partial charge >= 0.3 is 5.97 Å². The zero-order valence-electron chi connectivity index (χ0n) is 23.9. The average molecular weight is 660 g/mol. The summed E-state index contributed by atoms with van der Waals surface area (Å²) in [5.74, 6) is -0.435. The quantitative estimate of drug-likeness (QED) is 0.169. The maximum atomic E-state index is 14.1. The zero-order valence-corrected chi connectivity index (χ0v) is 26.2. The first-order valence-electron chi connectivity index (χ1n) is 14.0. The molecule has 45 heavy (non-hydrogen) atoms. The highest BCUT2D eigenvalue weighted by atomic mass is 35.5. The largest absolute Gasteiger partial charge is 0.489 e. The number of hydrogen-bond acceptors (Lipinski definition) is 6. The summed E-state index contributed by atoms with van der Waals surface area (Å²) >= 11 is 13.4. The van der Waals surface area contributed by atoms with E-state index in [1.54, 1.807) is 37.3 Å². The Balaban J connectivity index is 1.46. The van der Waals surface area contributed by atoms with E-state index in [1.807, 2.05) is 60.7 Å². The highest BCUT2D eigenvalue weighted by Gasteiger charge is 2.35. The van der Waals surface area contributed by atoms with Crippen molar-refractivity contribution in [3.63, 3.8) is 0 Å². The van der Waals surface area contributed by atoms with Crippen LogP contribution in [0.3, 0.4) is 0 Å². The van der Waals surface area contributed by atoms with Crippen LogP contribution in [0.1, 0.15) is 35.2 Å². The van der Waals surface area contributed by atoms with Crippen LogP contribution in [-0.4, -0.2) is 17.1 Å². The lowest BCUT2D eigenvalue weighted by Crippen LogP contribution is -2.40. The molecule has 0 amide bonds. The number of carbonyl (C=O) groups excluding carboxylic acids is 1. The molecular weight excluding hydrogens is 634 g/mol. The third-order valence-corrected chi connectivity index (χ3v) is 8.83. The standard InChI is InChI=1S/C35H25Cl2FN2O4S/c1-2-43-34(42)30-31(23-8-4-3-5-9-23)39-35-40(32(30)24-12-14-25(38)15-13-24)33(41)29(45-35)19-21-7-6-10-26(17-21)44-20-22-11-16-27(36)28(37)18-22/h3-19,32H,2,20H2,1H3/b29-19+/t32-/m1/s1. The summed E-state index contributed by atoms with van der Waals surface area (Å²) in [6.45, 7) is 2.12. The van der Waals surface area contributed by atoms with Crippen molar-refractivity contribution in [2.75, 3.05) is 6.61 Å². The fourth-order valence-corrected chi connectivity index (χ4v) is 6.36. The normalized spacial score (nSPS) is 14.6. The fourth-order valence-electron chi connectivity index (χ4n) is 5.04. The minimum atomic E-state index is -0.890. The van der Waals surface area contributed by atoms with Gasteiger partial charge in [0.1, 0.15) is 18.2 Å². The topological polar surface area (TPSA) is 69.9 Å². The van der Waals surface area contributed by atoms with Gasteiger partial charge in [-0.05, 0) is 66.1 Å². The van der Waals surface area contributed by atoms with Gasteiger partial charge in [-0.25, -0.2) is 14.2 Å². The molecule has 5 aromatic rings. The molecule has 2 heterocycles. The van der Waals surface area contributed by atoms with Crippen LogP contribution in [0.15, 0.2) is 112 Å². The first kappa shape index (κ1) is 30.5. The summed E-state index contributed by atoms with van der Waals surface area (Å²) in [5.41, 5.74) is 3.09. The smallest absolute Gasteiger partial charge is 0.338 e. The molecule has 0 aliphatic carbocycles. The van der Waals surface area contributed by atoms with Crippen molar-refractivity contribution in [1.82, 2.24) is 4.57 Å². The third kappa shape index (κ3) is 6.49. The Morgan fingerprint density at radius 1 is 0.978 bits per heavy atom. The van der Waals surface area contributed by atoms with Gasteiger partial charge < -0.3 is 9.47 Å². The monoisotopic (exact) mass is 658 g/mol. The molecule has 0 unspecified atom stereocenters. The van der Waals surface area contributed by atoms with Crippen molar-refractivity contribution in [2.24, 2.45) is 4.99 Å². The zero-order chi connectivity index (χ0) is 31.5. The summed E-state index contributed by atoms with van der Waals surface area (Å²) in [6.07, 6.45) is 1.76. The predicted molar refractivity (Wildman–Crippen MR) is 175 cm³/mol. The molecule has 0 saturated heterocycles. The Labute approximate surface area is 271 Å². The van der Waals surface area contributed by atoms with Crippen LogP contribution in [-0.2, 0) is 16.1 Å². The Hall–Kier alpha value is -4.50. The van der Waals surface area contributed by atoms with Gasteiger partial charge in [-0.2, -0.15) is 0 Å². The minimum absolute atomic E-state index is 0.133. The number of ether oxygens (including phenoxy) is 2. The van der Waals surface area contributed by atoms with Crippen molar-refractivity contribution in [1.29, 1.82) is 0 Å². The summed E-state index contributed by atoms with van der Waals surface area (Å²) in [6, 6.07) is 26.8. The van der Waals surface area contributed by atoms with Crippen LogP contribution in [0.25, 0.3) is 11.8 Å². The number of carbonyl (C=O) groups is 1. The van der Waals surface area contributed by atoms with E-state index in [4.69, 9.17) is 37.7 Å². The number of esters is 1. The van der Waals surface area contributed by atoms with Gasteiger partial charge in [-0.15, -0.1) is 0 Å². The first-order chi connectivity index (χ1) is 21.8. The van der Waals surface area contributed by atoms with Gasteiger partial charge in [0.25, 0.3) is 5.56 Å². The molecule has 4 aromatic carbocycles.